The Labute approximate surface area is 210 Å². The summed E-state index contributed by atoms with van der Waals surface area (Å²) in [6.45, 7) is 0.894. The Morgan fingerprint density at radius 1 is 1.06 bits per heavy atom. The van der Waals surface area contributed by atoms with Gasteiger partial charge in [0.1, 0.15) is 0 Å². The molecule has 7 nitrogen and oxygen atoms in total. The lowest BCUT2D eigenvalue weighted by Crippen LogP contribution is -2.36. The van der Waals surface area contributed by atoms with Crippen LogP contribution in [-0.4, -0.2) is 50.8 Å². The average molecular weight is 487 g/mol. The van der Waals surface area contributed by atoms with Gasteiger partial charge in [-0.05, 0) is 54.3 Å². The highest BCUT2D eigenvalue weighted by Gasteiger charge is 2.39. The van der Waals surface area contributed by atoms with E-state index in [1.165, 1.54) is 18.7 Å². The highest BCUT2D eigenvalue weighted by atomic mass is 16.5. The van der Waals surface area contributed by atoms with Gasteiger partial charge in [-0.2, -0.15) is 0 Å². The number of hydrogen-bond donors (Lipinski definition) is 2. The van der Waals surface area contributed by atoms with Crippen LogP contribution < -0.4 is 19.5 Å². The molecule has 3 aromatic rings. The second kappa shape index (κ2) is 9.59. The van der Waals surface area contributed by atoms with E-state index in [4.69, 9.17) is 14.2 Å². The quantitative estimate of drug-likeness (QED) is 0.384. The van der Waals surface area contributed by atoms with E-state index in [1.54, 1.807) is 26.4 Å². The summed E-state index contributed by atoms with van der Waals surface area (Å²) < 4.78 is 17.0. The number of ether oxygens (including phenoxy) is 3. The minimum Gasteiger partial charge on any atom is -0.504 e. The summed E-state index contributed by atoms with van der Waals surface area (Å²) in [4.78, 5) is 15.3. The van der Waals surface area contributed by atoms with Gasteiger partial charge in [0.25, 0.3) is 0 Å². The number of likely N-dealkylation sites (N-methyl/N-ethyl adjacent to an activating group) is 1. The fourth-order valence-corrected chi connectivity index (χ4v) is 5.37. The lowest BCUT2D eigenvalue weighted by molar-refractivity contribution is -0.111. The molecule has 5 rings (SSSR count). The zero-order valence-corrected chi connectivity index (χ0v) is 20.9. The molecule has 1 aliphatic heterocycles. The molecule has 0 unspecified atom stereocenters. The smallest absolute Gasteiger partial charge is 0.248 e. The van der Waals surface area contributed by atoms with Crippen molar-refractivity contribution in [2.24, 2.45) is 0 Å². The fraction of sp³-hybridized carbons (Fsp3) is 0.276. The molecular weight excluding hydrogens is 456 g/mol. The molecule has 0 aromatic heterocycles. The van der Waals surface area contributed by atoms with Crippen LogP contribution in [-0.2, 0) is 17.6 Å². The second-order valence-electron chi connectivity index (χ2n) is 9.07. The van der Waals surface area contributed by atoms with Gasteiger partial charge in [0.05, 0.1) is 21.3 Å². The number of fused-ring (bicyclic) bond motifs is 2. The number of anilines is 1. The van der Waals surface area contributed by atoms with Crippen molar-refractivity contribution in [3.8, 4) is 34.1 Å². The lowest BCUT2D eigenvalue weighted by atomic mass is 9.75. The van der Waals surface area contributed by atoms with Crippen LogP contribution >= 0.6 is 0 Å². The van der Waals surface area contributed by atoms with Crippen LogP contribution in [0.3, 0.4) is 0 Å². The summed E-state index contributed by atoms with van der Waals surface area (Å²) in [7, 11) is 6.82. The minimum atomic E-state index is -0.269. The van der Waals surface area contributed by atoms with Crippen LogP contribution in [0, 0.1) is 0 Å². The molecule has 1 heterocycles. The number of carbonyl (C=O) groups excluding carboxylic acids is 1. The number of nitrogens with zero attached hydrogens (tertiary/aromatic N) is 1. The summed E-state index contributed by atoms with van der Waals surface area (Å²) in [6, 6.07) is 13.4. The third-order valence-electron chi connectivity index (χ3n) is 7.12. The number of carbonyl (C=O) groups is 1. The van der Waals surface area contributed by atoms with Gasteiger partial charge in [-0.1, -0.05) is 30.3 Å². The highest BCUT2D eigenvalue weighted by Crippen LogP contribution is 2.57. The number of phenols is 1. The molecule has 7 heteroatoms. The molecule has 0 spiro atoms. The predicted octanol–water partition coefficient (Wildman–Crippen LogP) is 4.82. The molecule has 0 saturated heterocycles. The van der Waals surface area contributed by atoms with E-state index in [9.17, 15) is 9.90 Å². The normalized spacial score (nSPS) is 16.3. The zero-order chi connectivity index (χ0) is 25.4. The van der Waals surface area contributed by atoms with E-state index in [0.717, 1.165) is 35.2 Å². The van der Waals surface area contributed by atoms with Gasteiger partial charge < -0.3 is 24.6 Å². The van der Waals surface area contributed by atoms with Crippen LogP contribution in [0.15, 0.2) is 48.5 Å². The van der Waals surface area contributed by atoms with Crippen molar-refractivity contribution < 1.29 is 24.1 Å². The Morgan fingerprint density at radius 2 is 1.81 bits per heavy atom. The summed E-state index contributed by atoms with van der Waals surface area (Å²) in [5, 5.41) is 14.4. The van der Waals surface area contributed by atoms with Gasteiger partial charge in [0.2, 0.25) is 5.91 Å². The number of nitrogens with one attached hydrogen (secondary N) is 1. The van der Waals surface area contributed by atoms with Gasteiger partial charge in [-0.15, -0.1) is 0 Å². The van der Waals surface area contributed by atoms with Crippen molar-refractivity contribution in [1.82, 2.24) is 4.90 Å². The first-order valence-corrected chi connectivity index (χ1v) is 11.9. The molecule has 3 aromatic carbocycles. The molecule has 1 atom stereocenters. The molecule has 1 aliphatic carbocycles. The molecule has 0 fully saturated rings. The van der Waals surface area contributed by atoms with E-state index in [0.29, 0.717) is 29.2 Å². The van der Waals surface area contributed by atoms with E-state index >= 15 is 0 Å². The van der Waals surface area contributed by atoms with Crippen LogP contribution in [0.1, 0.15) is 28.3 Å². The first kappa shape index (κ1) is 23.8. The molecule has 1 amide bonds. The summed E-state index contributed by atoms with van der Waals surface area (Å²) in [6.07, 6.45) is 4.76. The fourth-order valence-electron chi connectivity index (χ4n) is 5.37. The van der Waals surface area contributed by atoms with Gasteiger partial charge in [0, 0.05) is 41.5 Å². The Balaban J connectivity index is 1.68. The second-order valence-corrected chi connectivity index (χ2v) is 9.07. The van der Waals surface area contributed by atoms with E-state index in [2.05, 4.69) is 17.3 Å². The Hall–Kier alpha value is -3.97. The number of methoxy groups -OCH3 is 3. The number of amides is 1. The van der Waals surface area contributed by atoms with E-state index in [-0.39, 0.29) is 23.4 Å². The maximum absolute atomic E-state index is 12.9. The van der Waals surface area contributed by atoms with Crippen LogP contribution in [0.5, 0.6) is 23.0 Å². The molecule has 2 N–H and O–H groups in total. The summed E-state index contributed by atoms with van der Waals surface area (Å²) in [5.41, 5.74) is 6.05. The maximum atomic E-state index is 12.9. The monoisotopic (exact) mass is 486 g/mol. The van der Waals surface area contributed by atoms with Gasteiger partial charge in [0.15, 0.2) is 23.0 Å². The number of benzene rings is 3. The number of phenolic OH excluding ortho intramolecular Hbond substituents is 1. The Bertz CT molecular complexity index is 1350. The van der Waals surface area contributed by atoms with Crippen molar-refractivity contribution in [2.45, 2.75) is 18.9 Å². The molecule has 36 heavy (non-hydrogen) atoms. The van der Waals surface area contributed by atoms with Gasteiger partial charge >= 0.3 is 0 Å². The average Bonchev–Trinajstić information content (AvgIpc) is 2.90. The third-order valence-corrected chi connectivity index (χ3v) is 7.12. The van der Waals surface area contributed by atoms with E-state index < -0.39 is 0 Å². The number of aromatic hydroxyl groups is 1. The summed E-state index contributed by atoms with van der Waals surface area (Å²) in [5.74, 6) is 1.20. The zero-order valence-electron chi connectivity index (χ0n) is 20.9. The third kappa shape index (κ3) is 3.95. The van der Waals surface area contributed by atoms with Crippen LogP contribution in [0.25, 0.3) is 17.2 Å². The van der Waals surface area contributed by atoms with E-state index in [1.807, 2.05) is 36.4 Å². The van der Waals surface area contributed by atoms with Gasteiger partial charge in [-0.25, -0.2) is 0 Å². The topological polar surface area (TPSA) is 80.3 Å². The molecule has 2 aliphatic rings. The van der Waals surface area contributed by atoms with Crippen LogP contribution in [0.2, 0.25) is 0 Å². The van der Waals surface area contributed by atoms with Crippen molar-refractivity contribution in [3.63, 3.8) is 0 Å². The molecular formula is C29H30N2O5. The first-order valence-electron chi connectivity index (χ1n) is 11.9. The standard InChI is InChI=1S/C29H30N2O5/c1-31-13-12-18-14-23(35-3)29(36-4)27-25(18)21(31)15-19-20(16-22(34-2)28(33)26(19)27)30-24(32)11-10-17-8-6-5-7-9-17/h5-11,14,16,21,33H,12-13,15H2,1-4H3,(H,30,32)/b11-10+/t21-/m0/s1. The van der Waals surface area contributed by atoms with Crippen molar-refractivity contribution >= 4 is 17.7 Å². The molecule has 0 saturated carbocycles. The predicted molar refractivity (Wildman–Crippen MR) is 140 cm³/mol. The lowest BCUT2D eigenvalue weighted by Gasteiger charge is -2.41. The van der Waals surface area contributed by atoms with Crippen molar-refractivity contribution in [1.29, 1.82) is 0 Å². The largest absolute Gasteiger partial charge is 0.504 e. The summed E-state index contributed by atoms with van der Waals surface area (Å²) >= 11 is 0. The maximum Gasteiger partial charge on any atom is 0.248 e. The Kier molecular flexibility index (Phi) is 6.33. The molecule has 0 radical (unpaired) electrons. The SMILES string of the molecule is COc1cc(NC(=O)/C=C/c2ccccc2)c2c(c1O)-c1c(OC)c(OC)cc3c1[C@H](C2)N(C)CC3. The Morgan fingerprint density at radius 3 is 2.50 bits per heavy atom. The number of hydrogen-bond acceptors (Lipinski definition) is 6. The van der Waals surface area contributed by atoms with Crippen molar-refractivity contribution in [2.75, 3.05) is 40.2 Å². The molecule has 186 valence electrons. The van der Waals surface area contributed by atoms with Crippen LogP contribution in [0.4, 0.5) is 5.69 Å². The highest BCUT2D eigenvalue weighted by molar-refractivity contribution is 6.04. The number of rotatable bonds is 6. The molecule has 0 bridgehead atoms. The van der Waals surface area contributed by atoms with Gasteiger partial charge in [-0.3, -0.25) is 9.69 Å². The van der Waals surface area contributed by atoms with Crippen molar-refractivity contribution in [3.05, 3.63) is 70.8 Å². The minimum absolute atomic E-state index is 0.0192. The first-order chi connectivity index (χ1) is 17.5.